The number of rotatable bonds is 6. The Morgan fingerprint density at radius 3 is 2.60 bits per heavy atom. The van der Waals surface area contributed by atoms with Crippen molar-refractivity contribution in [3.8, 4) is 0 Å². The number of methoxy groups -OCH3 is 1. The maximum atomic E-state index is 11.9. The molecular weight excluding hydrogens is 260 g/mol. The van der Waals surface area contributed by atoms with Crippen molar-refractivity contribution in [2.75, 3.05) is 7.11 Å². The third kappa shape index (κ3) is 4.87. The average Bonchev–Trinajstić information content (AvgIpc) is 2.39. The van der Waals surface area contributed by atoms with Gasteiger partial charge in [-0.25, -0.2) is 4.79 Å². The van der Waals surface area contributed by atoms with Gasteiger partial charge < -0.3 is 14.6 Å². The number of pyridine rings is 1. The summed E-state index contributed by atoms with van der Waals surface area (Å²) < 4.78 is 5.94. The second kappa shape index (κ2) is 7.47. The second-order valence-corrected chi connectivity index (χ2v) is 4.94. The van der Waals surface area contributed by atoms with Crippen LogP contribution in [0.15, 0.2) is 29.2 Å². The van der Waals surface area contributed by atoms with Gasteiger partial charge in [-0.3, -0.25) is 9.59 Å². The van der Waals surface area contributed by atoms with Crippen LogP contribution >= 0.6 is 0 Å². The Balaban J connectivity index is 2.69. The monoisotopic (exact) mass is 280 g/mol. The van der Waals surface area contributed by atoms with Crippen LogP contribution < -0.4 is 10.9 Å². The van der Waals surface area contributed by atoms with Gasteiger partial charge in [-0.1, -0.05) is 19.9 Å². The molecule has 0 aliphatic rings. The number of nitrogens with zero attached hydrogens (tertiary/aromatic N) is 1. The minimum Gasteiger partial charge on any atom is -0.467 e. The summed E-state index contributed by atoms with van der Waals surface area (Å²) in [7, 11) is 1.28. The molecule has 0 radical (unpaired) electrons. The number of hydrogen-bond acceptors (Lipinski definition) is 4. The molecule has 0 aromatic carbocycles. The molecule has 0 saturated carbocycles. The maximum absolute atomic E-state index is 11.9. The molecule has 1 rings (SSSR count). The number of ether oxygens (including phenoxy) is 1. The summed E-state index contributed by atoms with van der Waals surface area (Å²) in [6.07, 6.45) is 2.01. The third-order valence-electron chi connectivity index (χ3n) is 2.74. The Labute approximate surface area is 117 Å². The number of amides is 1. The van der Waals surface area contributed by atoms with Gasteiger partial charge in [-0.15, -0.1) is 0 Å². The fraction of sp³-hybridized carbons (Fsp3) is 0.500. The first-order chi connectivity index (χ1) is 9.43. The van der Waals surface area contributed by atoms with Crippen molar-refractivity contribution in [2.24, 2.45) is 5.92 Å². The molecule has 1 aromatic rings. The van der Waals surface area contributed by atoms with E-state index in [0.717, 1.165) is 0 Å². The Morgan fingerprint density at radius 1 is 1.35 bits per heavy atom. The maximum Gasteiger partial charge on any atom is 0.328 e. The van der Waals surface area contributed by atoms with Gasteiger partial charge in [0.05, 0.1) is 7.11 Å². The van der Waals surface area contributed by atoms with Crippen molar-refractivity contribution in [2.45, 2.75) is 32.9 Å². The van der Waals surface area contributed by atoms with E-state index in [1.54, 1.807) is 12.1 Å². The molecule has 1 unspecified atom stereocenters. The molecule has 0 saturated heterocycles. The van der Waals surface area contributed by atoms with E-state index in [0.29, 0.717) is 6.42 Å². The summed E-state index contributed by atoms with van der Waals surface area (Å²) in [5.74, 6) is -0.638. The van der Waals surface area contributed by atoms with Gasteiger partial charge in [0.25, 0.3) is 5.56 Å². The fourth-order valence-electron chi connectivity index (χ4n) is 1.81. The second-order valence-electron chi connectivity index (χ2n) is 4.94. The number of aromatic nitrogens is 1. The average molecular weight is 280 g/mol. The molecule has 1 atom stereocenters. The van der Waals surface area contributed by atoms with E-state index < -0.39 is 17.9 Å². The summed E-state index contributed by atoms with van der Waals surface area (Å²) in [5, 5.41) is 2.60. The summed E-state index contributed by atoms with van der Waals surface area (Å²) in [4.78, 5) is 35.0. The molecule has 0 aliphatic carbocycles. The van der Waals surface area contributed by atoms with E-state index in [9.17, 15) is 14.4 Å². The highest BCUT2D eigenvalue weighted by Crippen LogP contribution is 2.06. The van der Waals surface area contributed by atoms with Gasteiger partial charge in [0.2, 0.25) is 5.91 Å². The van der Waals surface area contributed by atoms with Gasteiger partial charge in [0, 0.05) is 12.3 Å². The summed E-state index contributed by atoms with van der Waals surface area (Å²) in [6, 6.07) is 3.96. The third-order valence-corrected chi connectivity index (χ3v) is 2.74. The van der Waals surface area contributed by atoms with Crippen LogP contribution in [0.5, 0.6) is 0 Å². The smallest absolute Gasteiger partial charge is 0.328 e. The van der Waals surface area contributed by atoms with E-state index in [1.807, 2.05) is 13.8 Å². The lowest BCUT2D eigenvalue weighted by molar-refractivity contribution is -0.145. The topological polar surface area (TPSA) is 77.4 Å². The van der Waals surface area contributed by atoms with Crippen molar-refractivity contribution in [3.63, 3.8) is 0 Å². The van der Waals surface area contributed by atoms with Crippen LogP contribution in [0.3, 0.4) is 0 Å². The SMILES string of the molecule is COC(=O)C(CC(C)C)NC(=O)Cn1ccccc1=O. The highest BCUT2D eigenvalue weighted by atomic mass is 16.5. The number of nitrogens with one attached hydrogen (secondary N) is 1. The first-order valence-electron chi connectivity index (χ1n) is 6.46. The Bertz CT molecular complexity index is 522. The van der Waals surface area contributed by atoms with Gasteiger partial charge in [0.15, 0.2) is 0 Å². The molecule has 20 heavy (non-hydrogen) atoms. The zero-order valence-corrected chi connectivity index (χ0v) is 12.0. The van der Waals surface area contributed by atoms with E-state index in [2.05, 4.69) is 10.1 Å². The van der Waals surface area contributed by atoms with Crippen LogP contribution in [-0.4, -0.2) is 29.6 Å². The molecular formula is C14H20N2O4. The molecule has 0 bridgehead atoms. The van der Waals surface area contributed by atoms with Crippen LogP contribution in [0.4, 0.5) is 0 Å². The van der Waals surface area contributed by atoms with Crippen molar-refractivity contribution in [1.29, 1.82) is 0 Å². The van der Waals surface area contributed by atoms with Crippen LogP contribution in [0.2, 0.25) is 0 Å². The van der Waals surface area contributed by atoms with Crippen molar-refractivity contribution < 1.29 is 14.3 Å². The normalized spacial score (nSPS) is 12.0. The fourth-order valence-corrected chi connectivity index (χ4v) is 1.81. The lowest BCUT2D eigenvalue weighted by Crippen LogP contribution is -2.44. The molecule has 1 heterocycles. The highest BCUT2D eigenvalue weighted by Gasteiger charge is 2.22. The minimum atomic E-state index is -0.688. The lowest BCUT2D eigenvalue weighted by atomic mass is 10.0. The van der Waals surface area contributed by atoms with E-state index >= 15 is 0 Å². The zero-order valence-electron chi connectivity index (χ0n) is 12.0. The predicted molar refractivity (Wildman–Crippen MR) is 74.1 cm³/mol. The molecule has 0 fully saturated rings. The van der Waals surface area contributed by atoms with E-state index in [4.69, 9.17) is 0 Å². The first kappa shape index (κ1) is 15.9. The highest BCUT2D eigenvalue weighted by molar-refractivity contribution is 5.84. The number of carbonyl (C=O) groups is 2. The van der Waals surface area contributed by atoms with E-state index in [-0.39, 0.29) is 18.0 Å². The van der Waals surface area contributed by atoms with Crippen molar-refractivity contribution >= 4 is 11.9 Å². The minimum absolute atomic E-state index is 0.120. The Hall–Kier alpha value is -2.11. The predicted octanol–water partition coefficient (Wildman–Crippen LogP) is 0.552. The van der Waals surface area contributed by atoms with Gasteiger partial charge in [-0.05, 0) is 18.4 Å². The summed E-state index contributed by atoms with van der Waals surface area (Å²) >= 11 is 0. The van der Waals surface area contributed by atoms with Crippen LogP contribution in [-0.2, 0) is 20.9 Å². The molecule has 0 aliphatic heterocycles. The number of esters is 1. The molecule has 6 nitrogen and oxygen atoms in total. The lowest BCUT2D eigenvalue weighted by Gasteiger charge is -2.18. The molecule has 110 valence electrons. The van der Waals surface area contributed by atoms with E-state index in [1.165, 1.54) is 23.9 Å². The summed E-state index contributed by atoms with van der Waals surface area (Å²) in [6.45, 7) is 3.78. The molecule has 1 amide bonds. The van der Waals surface area contributed by atoms with Crippen molar-refractivity contribution in [1.82, 2.24) is 9.88 Å². The molecule has 6 heteroatoms. The standard InChI is InChI=1S/C14H20N2O4/c1-10(2)8-11(14(19)20-3)15-12(17)9-16-7-5-4-6-13(16)18/h4-7,10-11H,8-9H2,1-3H3,(H,15,17). The largest absolute Gasteiger partial charge is 0.467 e. The molecule has 1 aromatic heterocycles. The number of carbonyl (C=O) groups excluding carboxylic acids is 2. The summed E-state index contributed by atoms with van der Waals surface area (Å²) in [5.41, 5.74) is -0.263. The van der Waals surface area contributed by atoms with Crippen LogP contribution in [0, 0.1) is 5.92 Å². The van der Waals surface area contributed by atoms with Crippen LogP contribution in [0.25, 0.3) is 0 Å². The van der Waals surface area contributed by atoms with Gasteiger partial charge in [0.1, 0.15) is 12.6 Å². The van der Waals surface area contributed by atoms with Crippen LogP contribution in [0.1, 0.15) is 20.3 Å². The number of hydrogen-bond donors (Lipinski definition) is 1. The molecule has 1 N–H and O–H groups in total. The Morgan fingerprint density at radius 2 is 2.05 bits per heavy atom. The zero-order chi connectivity index (χ0) is 15.1. The quantitative estimate of drug-likeness (QED) is 0.772. The molecule has 0 spiro atoms. The van der Waals surface area contributed by atoms with Gasteiger partial charge >= 0.3 is 5.97 Å². The van der Waals surface area contributed by atoms with Gasteiger partial charge in [-0.2, -0.15) is 0 Å². The first-order valence-corrected chi connectivity index (χ1v) is 6.46. The Kier molecular flexibility index (Phi) is 5.96. The van der Waals surface area contributed by atoms with Crippen molar-refractivity contribution in [3.05, 3.63) is 34.7 Å².